The van der Waals surface area contributed by atoms with Crippen molar-refractivity contribution in [2.45, 2.75) is 26.3 Å². The predicted molar refractivity (Wildman–Crippen MR) is 107 cm³/mol. The lowest BCUT2D eigenvalue weighted by atomic mass is 9.92. The van der Waals surface area contributed by atoms with E-state index in [1.165, 1.54) is 16.5 Å². The lowest BCUT2D eigenvalue weighted by molar-refractivity contribution is 0.642. The Morgan fingerprint density at radius 1 is 1.04 bits per heavy atom. The van der Waals surface area contributed by atoms with Gasteiger partial charge in [0.25, 0.3) is 0 Å². The molecule has 0 atom stereocenters. The zero-order valence-corrected chi connectivity index (χ0v) is 14.9. The molecular weight excluding hydrogens is 320 g/mol. The monoisotopic (exact) mass is 342 g/mol. The summed E-state index contributed by atoms with van der Waals surface area (Å²) < 4.78 is 2.09. The second kappa shape index (κ2) is 7.00. The van der Waals surface area contributed by atoms with Crippen molar-refractivity contribution in [1.29, 1.82) is 0 Å². The Labute approximate surface area is 153 Å². The Balaban J connectivity index is 1.81. The molecule has 4 aromatic rings. The second-order valence-electron chi connectivity index (χ2n) is 6.59. The molecule has 0 saturated carbocycles. The highest BCUT2D eigenvalue weighted by molar-refractivity contribution is 5.99. The molecule has 4 rings (SSSR count). The van der Waals surface area contributed by atoms with Crippen molar-refractivity contribution in [3.05, 3.63) is 78.4 Å². The smallest absolute Gasteiger partial charge is 0.127 e. The summed E-state index contributed by atoms with van der Waals surface area (Å²) in [5.41, 5.74) is 12.1. The van der Waals surface area contributed by atoms with E-state index < -0.39 is 0 Å². The van der Waals surface area contributed by atoms with Crippen molar-refractivity contribution in [1.82, 2.24) is 14.5 Å². The van der Waals surface area contributed by atoms with Gasteiger partial charge in [-0.2, -0.15) is 0 Å². The first-order valence-electron chi connectivity index (χ1n) is 8.93. The van der Waals surface area contributed by atoms with Crippen LogP contribution in [-0.2, 0) is 13.0 Å². The van der Waals surface area contributed by atoms with Crippen molar-refractivity contribution in [3.63, 3.8) is 0 Å². The van der Waals surface area contributed by atoms with Crippen molar-refractivity contribution < 1.29 is 0 Å². The van der Waals surface area contributed by atoms with E-state index in [4.69, 9.17) is 10.7 Å². The Bertz CT molecular complexity index is 1020. The van der Waals surface area contributed by atoms with E-state index in [0.29, 0.717) is 5.82 Å². The number of nitrogens with zero attached hydrogens (tertiary/aromatic N) is 3. The summed E-state index contributed by atoms with van der Waals surface area (Å²) in [5, 5.41) is 1.17. The van der Waals surface area contributed by atoms with Gasteiger partial charge in [0.05, 0.1) is 11.8 Å². The minimum absolute atomic E-state index is 0.635. The molecule has 0 aliphatic carbocycles. The SMILES string of the molecule is Cc1cccc2c(-c3ccccc3)c(CCCn3ccnc3)c(N)nc12. The molecule has 0 amide bonds. The molecule has 2 aromatic carbocycles. The number of aromatic nitrogens is 3. The average molecular weight is 342 g/mol. The molecule has 0 saturated heterocycles. The van der Waals surface area contributed by atoms with Crippen LogP contribution in [0.2, 0.25) is 0 Å². The third kappa shape index (κ3) is 3.06. The number of fused-ring (bicyclic) bond motifs is 1. The van der Waals surface area contributed by atoms with E-state index in [2.05, 4.69) is 58.9 Å². The fourth-order valence-corrected chi connectivity index (χ4v) is 3.53. The standard InChI is InChI=1S/C22H22N4/c1-16-7-5-10-18-20(17-8-3-2-4-9-17)19(22(23)25-21(16)18)11-6-13-26-14-12-24-15-26/h2-5,7-10,12,14-15H,6,11,13H2,1H3,(H2,23,25). The van der Waals surface area contributed by atoms with Gasteiger partial charge in [0, 0.05) is 29.9 Å². The van der Waals surface area contributed by atoms with Crippen LogP contribution < -0.4 is 5.73 Å². The number of anilines is 1. The maximum absolute atomic E-state index is 6.42. The highest BCUT2D eigenvalue weighted by Crippen LogP contribution is 2.35. The number of nitrogens with two attached hydrogens (primary N) is 1. The Morgan fingerprint density at radius 2 is 1.88 bits per heavy atom. The van der Waals surface area contributed by atoms with E-state index in [1.54, 1.807) is 0 Å². The lowest BCUT2D eigenvalue weighted by Gasteiger charge is -2.17. The van der Waals surface area contributed by atoms with Crippen molar-refractivity contribution >= 4 is 16.7 Å². The van der Waals surface area contributed by atoms with Crippen molar-refractivity contribution in [2.75, 3.05) is 5.73 Å². The third-order valence-electron chi connectivity index (χ3n) is 4.82. The molecule has 0 unspecified atom stereocenters. The molecule has 2 aromatic heterocycles. The predicted octanol–water partition coefficient (Wildman–Crippen LogP) is 4.62. The molecule has 2 N–H and O–H groups in total. The van der Waals surface area contributed by atoms with Gasteiger partial charge in [0.15, 0.2) is 0 Å². The van der Waals surface area contributed by atoms with E-state index in [9.17, 15) is 0 Å². The maximum Gasteiger partial charge on any atom is 0.127 e. The number of nitrogen functional groups attached to an aromatic ring is 1. The Hall–Kier alpha value is -3.14. The van der Waals surface area contributed by atoms with Crippen LogP contribution in [-0.4, -0.2) is 14.5 Å². The fraction of sp³-hybridized carbons (Fsp3) is 0.182. The van der Waals surface area contributed by atoms with Gasteiger partial charge in [-0.05, 0) is 36.5 Å². The molecule has 2 heterocycles. The van der Waals surface area contributed by atoms with Crippen LogP contribution in [0.5, 0.6) is 0 Å². The second-order valence-corrected chi connectivity index (χ2v) is 6.59. The van der Waals surface area contributed by atoms with Crippen LogP contribution in [0.25, 0.3) is 22.0 Å². The molecule has 4 nitrogen and oxygen atoms in total. The van der Waals surface area contributed by atoms with Crippen molar-refractivity contribution in [3.8, 4) is 11.1 Å². The van der Waals surface area contributed by atoms with Crippen LogP contribution in [0.4, 0.5) is 5.82 Å². The van der Waals surface area contributed by atoms with E-state index in [0.717, 1.165) is 36.0 Å². The van der Waals surface area contributed by atoms with Gasteiger partial charge in [-0.25, -0.2) is 9.97 Å². The van der Waals surface area contributed by atoms with Gasteiger partial charge >= 0.3 is 0 Å². The molecule has 4 heteroatoms. The van der Waals surface area contributed by atoms with Crippen molar-refractivity contribution in [2.24, 2.45) is 0 Å². The van der Waals surface area contributed by atoms with Crippen LogP contribution in [0.15, 0.2) is 67.3 Å². The fourth-order valence-electron chi connectivity index (χ4n) is 3.53. The number of pyridine rings is 1. The van der Waals surface area contributed by atoms with Gasteiger partial charge in [-0.3, -0.25) is 0 Å². The number of hydrogen-bond donors (Lipinski definition) is 1. The van der Waals surface area contributed by atoms with Gasteiger partial charge in [0.2, 0.25) is 0 Å². The molecule has 0 aliphatic heterocycles. The van der Waals surface area contributed by atoms with E-state index in [1.807, 2.05) is 24.8 Å². The molecule has 0 radical (unpaired) electrons. The number of hydrogen-bond acceptors (Lipinski definition) is 3. The maximum atomic E-state index is 6.42. The zero-order chi connectivity index (χ0) is 17.9. The lowest BCUT2D eigenvalue weighted by Crippen LogP contribution is -2.05. The number of para-hydroxylation sites is 1. The van der Waals surface area contributed by atoms with Gasteiger partial charge in [-0.1, -0.05) is 48.5 Å². The molecular formula is C22H22N4. The van der Waals surface area contributed by atoms with Crippen LogP contribution in [0.1, 0.15) is 17.5 Å². The van der Waals surface area contributed by atoms with E-state index >= 15 is 0 Å². The van der Waals surface area contributed by atoms with Crippen LogP contribution >= 0.6 is 0 Å². The van der Waals surface area contributed by atoms with Gasteiger partial charge in [0.1, 0.15) is 5.82 Å². The first kappa shape index (κ1) is 16.3. The first-order chi connectivity index (χ1) is 12.7. The number of benzene rings is 2. The minimum atomic E-state index is 0.635. The summed E-state index contributed by atoms with van der Waals surface area (Å²) in [6, 6.07) is 16.8. The summed E-state index contributed by atoms with van der Waals surface area (Å²) in [6.07, 6.45) is 7.52. The molecule has 130 valence electrons. The summed E-state index contributed by atoms with van der Waals surface area (Å²) in [4.78, 5) is 8.84. The molecule has 0 spiro atoms. The quantitative estimate of drug-likeness (QED) is 0.576. The number of aryl methyl sites for hydroxylation is 2. The number of imidazole rings is 1. The Morgan fingerprint density at radius 3 is 2.65 bits per heavy atom. The average Bonchev–Trinajstić information content (AvgIpc) is 3.17. The highest BCUT2D eigenvalue weighted by atomic mass is 15.0. The van der Waals surface area contributed by atoms with Crippen LogP contribution in [0.3, 0.4) is 0 Å². The third-order valence-corrected chi connectivity index (χ3v) is 4.82. The molecule has 26 heavy (non-hydrogen) atoms. The highest BCUT2D eigenvalue weighted by Gasteiger charge is 2.15. The topological polar surface area (TPSA) is 56.7 Å². The largest absolute Gasteiger partial charge is 0.383 e. The summed E-state index contributed by atoms with van der Waals surface area (Å²) in [7, 11) is 0. The van der Waals surface area contributed by atoms with Gasteiger partial charge in [-0.15, -0.1) is 0 Å². The summed E-state index contributed by atoms with van der Waals surface area (Å²) in [6.45, 7) is 3.00. The molecule has 0 fully saturated rings. The molecule has 0 bridgehead atoms. The summed E-state index contributed by atoms with van der Waals surface area (Å²) in [5.74, 6) is 0.635. The molecule has 0 aliphatic rings. The van der Waals surface area contributed by atoms with Crippen LogP contribution in [0, 0.1) is 6.92 Å². The minimum Gasteiger partial charge on any atom is -0.383 e. The zero-order valence-electron chi connectivity index (χ0n) is 14.9. The Kier molecular flexibility index (Phi) is 4.40. The first-order valence-corrected chi connectivity index (χ1v) is 8.93. The van der Waals surface area contributed by atoms with Gasteiger partial charge < -0.3 is 10.3 Å². The number of rotatable bonds is 5. The normalized spacial score (nSPS) is 11.1. The van der Waals surface area contributed by atoms with E-state index in [-0.39, 0.29) is 0 Å². The summed E-state index contributed by atoms with van der Waals surface area (Å²) >= 11 is 0.